The third-order valence-corrected chi connectivity index (χ3v) is 9.75. The van der Waals surface area contributed by atoms with Crippen molar-refractivity contribution in [2.75, 3.05) is 0 Å². The van der Waals surface area contributed by atoms with Gasteiger partial charge in [0.2, 0.25) is 0 Å². The first kappa shape index (κ1) is 23.5. The average molecular weight is 548 g/mol. The van der Waals surface area contributed by atoms with Crippen LogP contribution in [0.3, 0.4) is 0 Å². The normalized spacial score (nSPS) is 13.0. The fourth-order valence-electron chi connectivity index (χ4n) is 3.93. The summed E-state index contributed by atoms with van der Waals surface area (Å²) in [5.41, 5.74) is 8.23. The van der Waals surface area contributed by atoms with Gasteiger partial charge in [-0.05, 0) is 0 Å². The molecule has 5 rings (SSSR count). The van der Waals surface area contributed by atoms with Gasteiger partial charge in [0.15, 0.2) is 0 Å². The Morgan fingerprint density at radius 2 is 0.636 bits per heavy atom. The van der Waals surface area contributed by atoms with Crippen LogP contribution >= 0.6 is 0 Å². The standard InChI is InChI=1S/C28H20.C3H9Si.Sn/c1-5-13-23(14-6-1)21-27(25-17-9-3-10-18-25)28(26-19-11-4-12-20-26)22-24-15-7-2-8-16-24;1-4(2)3;/h1-20H;1-3H3;/q;;-1. The summed E-state index contributed by atoms with van der Waals surface area (Å²) in [4.78, 5) is 0. The van der Waals surface area contributed by atoms with Gasteiger partial charge >= 0.3 is 183 Å². The summed E-state index contributed by atoms with van der Waals surface area (Å²) in [6, 6.07) is 43.8. The van der Waals surface area contributed by atoms with E-state index in [0.29, 0.717) is 0 Å². The third kappa shape index (κ3) is 5.84. The van der Waals surface area contributed by atoms with Crippen molar-refractivity contribution in [3.63, 3.8) is 0 Å². The van der Waals surface area contributed by atoms with Gasteiger partial charge in [-0.1, -0.05) is 19.6 Å². The van der Waals surface area contributed by atoms with E-state index in [1.807, 2.05) is 0 Å². The van der Waals surface area contributed by atoms with Crippen molar-refractivity contribution in [3.8, 4) is 0 Å². The zero-order valence-electron chi connectivity index (χ0n) is 19.5. The second-order valence-corrected chi connectivity index (χ2v) is 15.2. The summed E-state index contributed by atoms with van der Waals surface area (Å²) in [5.74, 6) is 0. The minimum absolute atomic E-state index is 0.120. The molecule has 162 valence electrons. The van der Waals surface area contributed by atoms with Crippen molar-refractivity contribution < 1.29 is 0 Å². The summed E-state index contributed by atoms with van der Waals surface area (Å²) < 4.78 is 3.14. The Bertz CT molecular complexity index is 1130. The van der Waals surface area contributed by atoms with Crippen molar-refractivity contribution in [3.05, 3.63) is 144 Å². The van der Waals surface area contributed by atoms with E-state index in [9.17, 15) is 0 Å². The molecule has 0 aliphatic carbocycles. The Morgan fingerprint density at radius 1 is 0.394 bits per heavy atom. The maximum atomic E-state index is 2.27. The van der Waals surface area contributed by atoms with Crippen LogP contribution in [-0.2, 0) is 0 Å². The number of allylic oxidation sites excluding steroid dienone is 2. The van der Waals surface area contributed by atoms with Gasteiger partial charge in [-0.3, -0.25) is 0 Å². The van der Waals surface area contributed by atoms with Crippen LogP contribution in [-0.4, -0.2) is 29.9 Å². The van der Waals surface area contributed by atoms with E-state index in [2.05, 4.69) is 141 Å². The quantitative estimate of drug-likeness (QED) is 0.226. The third-order valence-electron chi connectivity index (χ3n) is 5.25. The summed E-state index contributed by atoms with van der Waals surface area (Å²) >= 11 is -1.00. The molecule has 0 bridgehead atoms. The Labute approximate surface area is 210 Å². The van der Waals surface area contributed by atoms with E-state index >= 15 is 0 Å². The Morgan fingerprint density at radius 3 is 0.909 bits per heavy atom. The Kier molecular flexibility index (Phi) is 8.19. The molecule has 0 spiro atoms. The first-order valence-corrected chi connectivity index (χ1v) is 17.2. The molecule has 0 fully saturated rings. The average Bonchev–Trinajstić information content (AvgIpc) is 3.27. The maximum absolute atomic E-state index is 2.27. The van der Waals surface area contributed by atoms with E-state index in [4.69, 9.17) is 0 Å². The van der Waals surface area contributed by atoms with Gasteiger partial charge in [0.25, 0.3) is 0 Å². The molecule has 33 heavy (non-hydrogen) atoms. The number of hydrogen-bond acceptors (Lipinski definition) is 0. The fourth-order valence-corrected chi connectivity index (χ4v) is 8.67. The molecule has 0 amide bonds. The van der Waals surface area contributed by atoms with Crippen LogP contribution in [0.4, 0.5) is 0 Å². The van der Waals surface area contributed by atoms with Gasteiger partial charge in [0.05, 0.1) is 0 Å². The summed E-state index contributed by atoms with van der Waals surface area (Å²) in [5, 5.41) is 0. The summed E-state index contributed by atoms with van der Waals surface area (Å²) in [6.45, 7) is 6.81. The molecule has 0 saturated carbocycles. The minimum atomic E-state index is -1.00. The van der Waals surface area contributed by atoms with Gasteiger partial charge < -0.3 is 0 Å². The number of benzene rings is 4. The van der Waals surface area contributed by atoms with E-state index in [1.165, 1.54) is 33.4 Å². The molecule has 1 aliphatic heterocycles. The number of hydrogen-bond donors (Lipinski definition) is 0. The first-order chi connectivity index (χ1) is 16.1. The molecule has 0 aromatic heterocycles. The molecule has 1 aliphatic rings. The molecule has 0 saturated heterocycles. The van der Waals surface area contributed by atoms with Gasteiger partial charge in [0, 0.05) is 8.80 Å². The molecule has 4 aromatic carbocycles. The van der Waals surface area contributed by atoms with Crippen LogP contribution in [0.1, 0.15) is 22.3 Å². The SMILES string of the molecule is C[Si](C)C.c1ccc([C]2=C(c3ccccc3)C(c3ccccc3)=[C](c3ccccc3)[Sn-]2)cc1. The van der Waals surface area contributed by atoms with Gasteiger partial charge in [-0.15, -0.1) is 0 Å². The molecular formula is C31H29SiSn-. The van der Waals surface area contributed by atoms with E-state index in [1.54, 1.807) is 7.18 Å². The summed E-state index contributed by atoms with van der Waals surface area (Å²) in [6.07, 6.45) is 0. The van der Waals surface area contributed by atoms with Crippen molar-refractivity contribution in [1.29, 1.82) is 0 Å². The Hall–Kier alpha value is -2.62. The second-order valence-electron chi connectivity index (χ2n) is 8.59. The molecule has 2 radical (unpaired) electrons. The van der Waals surface area contributed by atoms with Crippen molar-refractivity contribution >= 4 is 48.3 Å². The van der Waals surface area contributed by atoms with Crippen molar-refractivity contribution in [1.82, 2.24) is 0 Å². The van der Waals surface area contributed by atoms with Crippen LogP contribution < -0.4 is 0 Å². The first-order valence-electron chi connectivity index (χ1n) is 11.4. The molecule has 2 heteroatoms. The molecular weight excluding hydrogens is 519 g/mol. The molecule has 1 heterocycles. The second kappa shape index (κ2) is 11.5. The van der Waals surface area contributed by atoms with E-state index < -0.39 is 21.1 Å². The predicted molar refractivity (Wildman–Crippen MR) is 148 cm³/mol. The molecule has 0 atom stereocenters. The van der Waals surface area contributed by atoms with Gasteiger partial charge in [-0.2, -0.15) is 0 Å². The van der Waals surface area contributed by atoms with Crippen molar-refractivity contribution in [2.45, 2.75) is 19.6 Å². The van der Waals surface area contributed by atoms with Crippen LogP contribution in [0.2, 0.25) is 19.6 Å². The topological polar surface area (TPSA) is 0 Å². The zero-order valence-corrected chi connectivity index (χ0v) is 23.4. The van der Waals surface area contributed by atoms with Crippen molar-refractivity contribution in [2.24, 2.45) is 0 Å². The fraction of sp³-hybridized carbons (Fsp3) is 0.0968. The van der Waals surface area contributed by atoms with Crippen LogP contribution in [0, 0.1) is 0 Å². The van der Waals surface area contributed by atoms with Crippen LogP contribution in [0.25, 0.3) is 18.3 Å². The van der Waals surface area contributed by atoms with Gasteiger partial charge in [-0.25, -0.2) is 0 Å². The molecule has 0 unspecified atom stereocenters. The monoisotopic (exact) mass is 549 g/mol. The van der Waals surface area contributed by atoms with Gasteiger partial charge in [0.1, 0.15) is 0 Å². The zero-order chi connectivity index (χ0) is 23.0. The van der Waals surface area contributed by atoms with Crippen LogP contribution in [0.5, 0.6) is 0 Å². The van der Waals surface area contributed by atoms with Crippen LogP contribution in [0.15, 0.2) is 121 Å². The number of rotatable bonds is 4. The predicted octanol–water partition coefficient (Wildman–Crippen LogP) is 8.21. The van der Waals surface area contributed by atoms with E-state index in [-0.39, 0.29) is 8.80 Å². The molecule has 4 aromatic rings. The summed E-state index contributed by atoms with van der Waals surface area (Å²) in [7, 11) is 0.120. The molecule has 0 N–H and O–H groups in total. The molecule has 0 nitrogen and oxygen atoms in total. The van der Waals surface area contributed by atoms with E-state index in [0.717, 1.165) is 0 Å². The Balaban J connectivity index is 0.000000601.